The number of aromatic nitrogens is 1. The van der Waals surface area contributed by atoms with Crippen molar-refractivity contribution >= 4 is 11.6 Å². The van der Waals surface area contributed by atoms with Gasteiger partial charge in [-0.15, -0.1) is 0 Å². The quantitative estimate of drug-likeness (QED) is 0.850. The highest BCUT2D eigenvalue weighted by Crippen LogP contribution is 2.21. The summed E-state index contributed by atoms with van der Waals surface area (Å²) < 4.78 is 5.11. The molecule has 2 rings (SSSR count). The van der Waals surface area contributed by atoms with Gasteiger partial charge in [-0.1, -0.05) is 23.4 Å². The summed E-state index contributed by atoms with van der Waals surface area (Å²) in [6.07, 6.45) is 0.319. The number of anilines is 1. The minimum Gasteiger partial charge on any atom is -0.361 e. The molecule has 0 bridgehead atoms. The van der Waals surface area contributed by atoms with Gasteiger partial charge in [0, 0.05) is 24.2 Å². The third-order valence-corrected chi connectivity index (χ3v) is 3.69. The largest absolute Gasteiger partial charge is 0.361 e. The molecule has 1 aromatic heterocycles. The van der Waals surface area contributed by atoms with Crippen LogP contribution >= 0.6 is 0 Å². The first-order valence-electron chi connectivity index (χ1n) is 7.26. The van der Waals surface area contributed by atoms with Crippen molar-refractivity contribution in [2.24, 2.45) is 5.92 Å². The molecule has 5 nitrogen and oxygen atoms in total. The third kappa shape index (κ3) is 3.17. The molecule has 1 aromatic carbocycles. The summed E-state index contributed by atoms with van der Waals surface area (Å²) in [5, 5.41) is 13.3. The van der Waals surface area contributed by atoms with Gasteiger partial charge in [0.25, 0.3) is 0 Å². The van der Waals surface area contributed by atoms with Crippen LogP contribution in [0.15, 0.2) is 34.9 Å². The average Bonchev–Trinajstić information content (AvgIpc) is 2.85. The zero-order valence-electron chi connectivity index (χ0n) is 13.0. The summed E-state index contributed by atoms with van der Waals surface area (Å²) in [7, 11) is 0. The van der Waals surface area contributed by atoms with Crippen molar-refractivity contribution in [2.75, 3.05) is 11.4 Å². The first-order chi connectivity index (χ1) is 10.6. The molecule has 0 aliphatic rings. The fraction of sp³-hybridized carbons (Fsp3) is 0.353. The number of para-hydroxylation sites is 1. The van der Waals surface area contributed by atoms with E-state index >= 15 is 0 Å². The van der Waals surface area contributed by atoms with Crippen LogP contribution in [0.5, 0.6) is 0 Å². The molecule has 0 N–H and O–H groups in total. The molecule has 0 fully saturated rings. The second kappa shape index (κ2) is 6.90. The van der Waals surface area contributed by atoms with Crippen molar-refractivity contribution in [3.8, 4) is 6.07 Å². The predicted octanol–water partition coefficient (Wildman–Crippen LogP) is 3.03. The number of nitriles is 1. The Morgan fingerprint density at radius 3 is 2.55 bits per heavy atom. The van der Waals surface area contributed by atoms with Gasteiger partial charge in [-0.05, 0) is 32.9 Å². The summed E-state index contributed by atoms with van der Waals surface area (Å²) in [6.45, 7) is 6.03. The molecule has 1 unspecified atom stereocenters. The molecular formula is C17H19N3O2. The van der Waals surface area contributed by atoms with Crippen LogP contribution in [-0.2, 0) is 11.2 Å². The van der Waals surface area contributed by atoms with E-state index in [-0.39, 0.29) is 5.91 Å². The zero-order valence-corrected chi connectivity index (χ0v) is 13.0. The minimum atomic E-state index is -0.753. The molecule has 1 heterocycles. The van der Waals surface area contributed by atoms with Crippen LogP contribution in [0.3, 0.4) is 0 Å². The van der Waals surface area contributed by atoms with Crippen LogP contribution in [0.4, 0.5) is 5.69 Å². The van der Waals surface area contributed by atoms with Gasteiger partial charge in [0.2, 0.25) is 5.91 Å². The van der Waals surface area contributed by atoms with E-state index in [0.717, 1.165) is 16.9 Å². The number of benzene rings is 1. The summed E-state index contributed by atoms with van der Waals surface area (Å²) >= 11 is 0. The molecule has 1 atom stereocenters. The van der Waals surface area contributed by atoms with Gasteiger partial charge in [0.1, 0.15) is 11.7 Å². The summed E-state index contributed by atoms with van der Waals surface area (Å²) in [4.78, 5) is 14.3. The maximum atomic E-state index is 12.7. The Morgan fingerprint density at radius 1 is 1.36 bits per heavy atom. The van der Waals surface area contributed by atoms with E-state index < -0.39 is 5.92 Å². The highest BCUT2D eigenvalue weighted by atomic mass is 16.5. The lowest BCUT2D eigenvalue weighted by atomic mass is 9.98. The molecule has 0 saturated carbocycles. The number of aryl methyl sites for hydroxylation is 2. The van der Waals surface area contributed by atoms with Crippen LogP contribution in [0.25, 0.3) is 0 Å². The van der Waals surface area contributed by atoms with Gasteiger partial charge in [-0.25, -0.2) is 0 Å². The van der Waals surface area contributed by atoms with Crippen LogP contribution in [0.1, 0.15) is 23.9 Å². The molecule has 114 valence electrons. The topological polar surface area (TPSA) is 70.1 Å². The van der Waals surface area contributed by atoms with E-state index in [1.807, 2.05) is 44.2 Å². The molecular weight excluding hydrogens is 278 g/mol. The summed E-state index contributed by atoms with van der Waals surface area (Å²) in [5.41, 5.74) is 2.37. The molecule has 0 aliphatic carbocycles. The lowest BCUT2D eigenvalue weighted by Crippen LogP contribution is -2.36. The fourth-order valence-corrected chi connectivity index (χ4v) is 2.45. The maximum Gasteiger partial charge on any atom is 0.244 e. The smallest absolute Gasteiger partial charge is 0.244 e. The molecule has 22 heavy (non-hydrogen) atoms. The molecule has 2 aromatic rings. The number of amides is 1. The number of rotatable bonds is 5. The molecule has 0 spiro atoms. The van der Waals surface area contributed by atoms with Crippen molar-refractivity contribution in [3.63, 3.8) is 0 Å². The third-order valence-electron chi connectivity index (χ3n) is 3.69. The maximum absolute atomic E-state index is 12.7. The van der Waals surface area contributed by atoms with E-state index in [1.165, 1.54) is 0 Å². The van der Waals surface area contributed by atoms with Gasteiger partial charge < -0.3 is 9.42 Å². The Balaban J connectivity index is 2.23. The Morgan fingerprint density at radius 2 is 2.05 bits per heavy atom. The van der Waals surface area contributed by atoms with Gasteiger partial charge >= 0.3 is 0 Å². The van der Waals surface area contributed by atoms with E-state index in [1.54, 1.807) is 11.8 Å². The average molecular weight is 297 g/mol. The van der Waals surface area contributed by atoms with Crippen molar-refractivity contribution < 1.29 is 9.32 Å². The van der Waals surface area contributed by atoms with E-state index in [0.29, 0.717) is 18.7 Å². The molecule has 0 radical (unpaired) electrons. The SMILES string of the molecule is CCN(C(=O)C(C#N)Cc1c(C)noc1C)c1ccccc1. The monoisotopic (exact) mass is 297 g/mol. The van der Waals surface area contributed by atoms with Crippen molar-refractivity contribution in [3.05, 3.63) is 47.3 Å². The Bertz CT molecular complexity index is 666. The number of carbonyl (C=O) groups is 1. The normalized spacial score (nSPS) is 11.7. The first-order valence-corrected chi connectivity index (χ1v) is 7.26. The predicted molar refractivity (Wildman–Crippen MR) is 83.3 cm³/mol. The van der Waals surface area contributed by atoms with Gasteiger partial charge in [0.05, 0.1) is 11.8 Å². The summed E-state index contributed by atoms with van der Waals surface area (Å²) in [6, 6.07) is 11.5. The van der Waals surface area contributed by atoms with Gasteiger partial charge in [-0.3, -0.25) is 4.79 Å². The van der Waals surface area contributed by atoms with Crippen LogP contribution < -0.4 is 4.90 Å². The number of nitrogens with zero attached hydrogens (tertiary/aromatic N) is 3. The lowest BCUT2D eigenvalue weighted by molar-refractivity contribution is -0.120. The van der Waals surface area contributed by atoms with Crippen molar-refractivity contribution in [2.45, 2.75) is 27.2 Å². The minimum absolute atomic E-state index is 0.198. The van der Waals surface area contributed by atoms with E-state index in [4.69, 9.17) is 4.52 Å². The fourth-order valence-electron chi connectivity index (χ4n) is 2.45. The molecule has 5 heteroatoms. The number of hydrogen-bond donors (Lipinski definition) is 0. The van der Waals surface area contributed by atoms with E-state index in [9.17, 15) is 10.1 Å². The summed E-state index contributed by atoms with van der Waals surface area (Å²) in [5.74, 6) is -0.290. The van der Waals surface area contributed by atoms with Crippen LogP contribution in [-0.4, -0.2) is 17.6 Å². The first kappa shape index (κ1) is 15.8. The number of carbonyl (C=O) groups excluding carboxylic acids is 1. The molecule has 1 amide bonds. The lowest BCUT2D eigenvalue weighted by Gasteiger charge is -2.23. The van der Waals surface area contributed by atoms with Gasteiger partial charge in [-0.2, -0.15) is 5.26 Å². The standard InChI is InChI=1S/C17H19N3O2/c1-4-20(15-8-6-5-7-9-15)17(21)14(11-18)10-16-12(2)19-22-13(16)3/h5-9,14H,4,10H2,1-3H3. The van der Waals surface area contributed by atoms with Crippen LogP contribution in [0, 0.1) is 31.1 Å². The number of hydrogen-bond acceptors (Lipinski definition) is 4. The van der Waals surface area contributed by atoms with Crippen molar-refractivity contribution in [1.29, 1.82) is 5.26 Å². The Labute approximate surface area is 130 Å². The molecule has 0 saturated heterocycles. The van der Waals surface area contributed by atoms with E-state index in [2.05, 4.69) is 11.2 Å². The van der Waals surface area contributed by atoms with Crippen LogP contribution in [0.2, 0.25) is 0 Å². The molecule has 0 aliphatic heterocycles. The highest BCUT2D eigenvalue weighted by molar-refractivity contribution is 5.96. The van der Waals surface area contributed by atoms with Crippen molar-refractivity contribution in [1.82, 2.24) is 5.16 Å². The Hall–Kier alpha value is -2.61. The second-order valence-electron chi connectivity index (χ2n) is 5.11. The highest BCUT2D eigenvalue weighted by Gasteiger charge is 2.27. The second-order valence-corrected chi connectivity index (χ2v) is 5.11. The Kier molecular flexibility index (Phi) is 4.95. The van der Waals surface area contributed by atoms with Gasteiger partial charge in [0.15, 0.2) is 0 Å². The zero-order chi connectivity index (χ0) is 16.1.